The van der Waals surface area contributed by atoms with Crippen LogP contribution in [-0.4, -0.2) is 25.5 Å². The Morgan fingerprint density at radius 1 is 1.33 bits per heavy atom. The normalized spacial score (nSPS) is 25.5. The summed E-state index contributed by atoms with van der Waals surface area (Å²) in [5.41, 5.74) is 0. The molecule has 0 aliphatic carbocycles. The molecule has 1 aliphatic heterocycles. The van der Waals surface area contributed by atoms with Crippen LogP contribution in [0.1, 0.15) is 39.5 Å². The van der Waals surface area contributed by atoms with Gasteiger partial charge in [0, 0.05) is 13.1 Å². The molecule has 3 heteroatoms. The van der Waals surface area contributed by atoms with Crippen molar-refractivity contribution in [2.45, 2.75) is 39.5 Å². The first-order chi connectivity index (χ1) is 7.25. The van der Waals surface area contributed by atoms with Crippen molar-refractivity contribution >= 4 is 5.91 Å². The molecule has 1 heterocycles. The molecule has 2 atom stereocenters. The van der Waals surface area contributed by atoms with Gasteiger partial charge in [0.05, 0.1) is 5.92 Å². The van der Waals surface area contributed by atoms with Crippen molar-refractivity contribution in [1.82, 2.24) is 10.6 Å². The molecule has 3 nitrogen and oxygen atoms in total. The lowest BCUT2D eigenvalue weighted by atomic mass is 9.97. The molecule has 0 spiro atoms. The molecule has 0 saturated carbocycles. The van der Waals surface area contributed by atoms with Gasteiger partial charge in [-0.2, -0.15) is 0 Å². The van der Waals surface area contributed by atoms with Crippen LogP contribution in [0.2, 0.25) is 0 Å². The zero-order valence-corrected chi connectivity index (χ0v) is 10.0. The molecule has 0 radical (unpaired) electrons. The molecule has 88 valence electrons. The zero-order valence-electron chi connectivity index (χ0n) is 10.0. The van der Waals surface area contributed by atoms with E-state index in [4.69, 9.17) is 0 Å². The smallest absolute Gasteiger partial charge is 0.224 e. The summed E-state index contributed by atoms with van der Waals surface area (Å²) in [6.45, 7) is 7.02. The maximum atomic E-state index is 11.7. The maximum Gasteiger partial charge on any atom is 0.224 e. The molecule has 1 aliphatic rings. The molecule has 2 unspecified atom stereocenters. The van der Waals surface area contributed by atoms with E-state index in [1.807, 2.05) is 0 Å². The number of amides is 1. The summed E-state index contributed by atoms with van der Waals surface area (Å²) in [4.78, 5) is 11.7. The highest BCUT2D eigenvalue weighted by Crippen LogP contribution is 2.15. The Hall–Kier alpha value is -0.570. The van der Waals surface area contributed by atoms with Crippen LogP contribution in [0.5, 0.6) is 0 Å². The Kier molecular flexibility index (Phi) is 5.69. The lowest BCUT2D eigenvalue weighted by molar-refractivity contribution is -0.125. The molecule has 1 rings (SSSR count). The molecular weight excluding hydrogens is 188 g/mol. The second-order valence-electron chi connectivity index (χ2n) is 4.59. The van der Waals surface area contributed by atoms with Crippen molar-refractivity contribution in [2.24, 2.45) is 11.8 Å². The van der Waals surface area contributed by atoms with Crippen LogP contribution in [-0.2, 0) is 4.79 Å². The number of rotatable bonds is 6. The van der Waals surface area contributed by atoms with E-state index in [2.05, 4.69) is 24.5 Å². The van der Waals surface area contributed by atoms with Gasteiger partial charge in [-0.15, -0.1) is 0 Å². The van der Waals surface area contributed by atoms with Crippen LogP contribution in [0.3, 0.4) is 0 Å². The number of unbranched alkanes of at least 4 members (excludes halogenated alkanes) is 3. The van der Waals surface area contributed by atoms with Gasteiger partial charge in [-0.3, -0.25) is 4.79 Å². The summed E-state index contributed by atoms with van der Waals surface area (Å²) in [6, 6.07) is 0. The minimum absolute atomic E-state index is 0.191. The Bertz CT molecular complexity index is 194. The fourth-order valence-corrected chi connectivity index (χ4v) is 2.06. The molecule has 1 saturated heterocycles. The Morgan fingerprint density at radius 2 is 2.13 bits per heavy atom. The van der Waals surface area contributed by atoms with E-state index < -0.39 is 0 Å². The van der Waals surface area contributed by atoms with Gasteiger partial charge in [0.25, 0.3) is 0 Å². The van der Waals surface area contributed by atoms with Gasteiger partial charge in [-0.25, -0.2) is 0 Å². The first-order valence-corrected chi connectivity index (χ1v) is 6.24. The average molecular weight is 212 g/mol. The van der Waals surface area contributed by atoms with Gasteiger partial charge in [-0.1, -0.05) is 33.1 Å². The van der Waals surface area contributed by atoms with Crippen molar-refractivity contribution in [2.75, 3.05) is 19.6 Å². The summed E-state index contributed by atoms with van der Waals surface area (Å²) in [6.07, 6.45) is 4.87. The van der Waals surface area contributed by atoms with E-state index >= 15 is 0 Å². The zero-order chi connectivity index (χ0) is 11.1. The van der Waals surface area contributed by atoms with Crippen molar-refractivity contribution in [1.29, 1.82) is 0 Å². The fraction of sp³-hybridized carbons (Fsp3) is 0.917. The summed E-state index contributed by atoms with van der Waals surface area (Å²) in [7, 11) is 0. The van der Waals surface area contributed by atoms with E-state index in [-0.39, 0.29) is 11.8 Å². The van der Waals surface area contributed by atoms with E-state index in [1.165, 1.54) is 19.3 Å². The molecule has 0 bridgehead atoms. The Balaban J connectivity index is 2.08. The molecule has 1 amide bonds. The van der Waals surface area contributed by atoms with Crippen LogP contribution in [0, 0.1) is 11.8 Å². The number of hydrogen-bond donors (Lipinski definition) is 2. The molecule has 0 aromatic carbocycles. The van der Waals surface area contributed by atoms with E-state index in [9.17, 15) is 4.79 Å². The summed E-state index contributed by atoms with van der Waals surface area (Å²) >= 11 is 0. The topological polar surface area (TPSA) is 41.1 Å². The quantitative estimate of drug-likeness (QED) is 0.656. The second kappa shape index (κ2) is 6.83. The largest absolute Gasteiger partial charge is 0.356 e. The van der Waals surface area contributed by atoms with Crippen LogP contribution < -0.4 is 10.6 Å². The Labute approximate surface area is 93.0 Å². The van der Waals surface area contributed by atoms with Gasteiger partial charge in [0.2, 0.25) is 5.91 Å². The van der Waals surface area contributed by atoms with Crippen LogP contribution >= 0.6 is 0 Å². The van der Waals surface area contributed by atoms with Crippen molar-refractivity contribution in [3.63, 3.8) is 0 Å². The minimum Gasteiger partial charge on any atom is -0.356 e. The molecule has 2 N–H and O–H groups in total. The third-order valence-corrected chi connectivity index (χ3v) is 3.18. The summed E-state index contributed by atoms with van der Waals surface area (Å²) < 4.78 is 0. The van der Waals surface area contributed by atoms with Crippen LogP contribution in [0.4, 0.5) is 0 Å². The van der Waals surface area contributed by atoms with Crippen LogP contribution in [0.15, 0.2) is 0 Å². The van der Waals surface area contributed by atoms with Gasteiger partial charge in [0.15, 0.2) is 0 Å². The number of carbonyl (C=O) groups excluding carboxylic acids is 1. The SMILES string of the molecule is CCCCCCNC(=O)C1CNCC1C. The molecule has 15 heavy (non-hydrogen) atoms. The number of hydrogen-bond acceptors (Lipinski definition) is 2. The molecule has 1 fully saturated rings. The fourth-order valence-electron chi connectivity index (χ4n) is 2.06. The van der Waals surface area contributed by atoms with Crippen molar-refractivity contribution in [3.05, 3.63) is 0 Å². The lowest BCUT2D eigenvalue weighted by Crippen LogP contribution is -2.34. The minimum atomic E-state index is 0.191. The third kappa shape index (κ3) is 4.20. The maximum absolute atomic E-state index is 11.7. The summed E-state index contributed by atoms with van der Waals surface area (Å²) in [5.74, 6) is 0.917. The van der Waals surface area contributed by atoms with Gasteiger partial charge in [-0.05, 0) is 18.9 Å². The first-order valence-electron chi connectivity index (χ1n) is 6.24. The highest BCUT2D eigenvalue weighted by Gasteiger charge is 2.28. The van der Waals surface area contributed by atoms with Gasteiger partial charge < -0.3 is 10.6 Å². The number of carbonyl (C=O) groups is 1. The Morgan fingerprint density at radius 3 is 2.73 bits per heavy atom. The monoisotopic (exact) mass is 212 g/mol. The molecule has 0 aromatic rings. The van der Waals surface area contributed by atoms with E-state index in [0.717, 1.165) is 26.1 Å². The predicted molar refractivity (Wildman–Crippen MR) is 62.7 cm³/mol. The summed E-state index contributed by atoms with van der Waals surface area (Å²) in [5, 5.41) is 6.29. The van der Waals surface area contributed by atoms with Crippen molar-refractivity contribution < 1.29 is 4.79 Å². The highest BCUT2D eigenvalue weighted by molar-refractivity contribution is 5.79. The predicted octanol–water partition coefficient (Wildman–Crippen LogP) is 1.54. The van der Waals surface area contributed by atoms with Gasteiger partial charge in [0.1, 0.15) is 0 Å². The highest BCUT2D eigenvalue weighted by atomic mass is 16.1. The molecular formula is C12H24N2O. The average Bonchev–Trinajstić information content (AvgIpc) is 2.64. The standard InChI is InChI=1S/C12H24N2O/c1-3-4-5-6-7-14-12(15)11-9-13-8-10(11)2/h10-11,13H,3-9H2,1-2H3,(H,14,15). The van der Waals surface area contributed by atoms with E-state index in [0.29, 0.717) is 5.92 Å². The van der Waals surface area contributed by atoms with Crippen molar-refractivity contribution in [3.8, 4) is 0 Å². The molecule has 0 aromatic heterocycles. The van der Waals surface area contributed by atoms with E-state index in [1.54, 1.807) is 0 Å². The third-order valence-electron chi connectivity index (χ3n) is 3.18. The lowest BCUT2D eigenvalue weighted by Gasteiger charge is -2.13. The van der Waals surface area contributed by atoms with Crippen LogP contribution in [0.25, 0.3) is 0 Å². The second-order valence-corrected chi connectivity index (χ2v) is 4.59. The number of nitrogens with one attached hydrogen (secondary N) is 2. The van der Waals surface area contributed by atoms with Gasteiger partial charge >= 0.3 is 0 Å². The first kappa shape index (κ1) is 12.5.